The van der Waals surface area contributed by atoms with E-state index >= 15 is 0 Å². The zero-order valence-electron chi connectivity index (χ0n) is 11.9. The normalized spacial score (nSPS) is 11.7. The molecule has 0 fully saturated rings. The third kappa shape index (κ3) is 9.70. The third-order valence-electron chi connectivity index (χ3n) is 2.51. The van der Waals surface area contributed by atoms with Crippen LogP contribution in [-0.4, -0.2) is 24.7 Å². The van der Waals surface area contributed by atoms with Crippen LogP contribution in [0.25, 0.3) is 0 Å². The molecular formula is C13H20Cl2F3N3O. The Morgan fingerprint density at radius 2 is 1.77 bits per heavy atom. The summed E-state index contributed by atoms with van der Waals surface area (Å²) >= 11 is 0. The first kappa shape index (κ1) is 23.1. The molecule has 128 valence electrons. The molecule has 0 saturated heterocycles. The van der Waals surface area contributed by atoms with Gasteiger partial charge < -0.3 is 16.4 Å². The van der Waals surface area contributed by atoms with Gasteiger partial charge in [-0.15, -0.1) is 24.8 Å². The van der Waals surface area contributed by atoms with E-state index in [0.29, 0.717) is 12.1 Å². The second kappa shape index (κ2) is 10.5. The SMILES string of the molecule is CC(N)CCC(=O)Nc1ccccc1NCC(F)(F)F.Cl.Cl. The number of amides is 1. The Balaban J connectivity index is 0. The third-order valence-corrected chi connectivity index (χ3v) is 2.51. The fourth-order valence-electron chi connectivity index (χ4n) is 1.51. The van der Waals surface area contributed by atoms with Crippen molar-refractivity contribution in [3.63, 3.8) is 0 Å². The average Bonchev–Trinajstić information content (AvgIpc) is 2.34. The van der Waals surface area contributed by atoms with Gasteiger partial charge in [0.15, 0.2) is 0 Å². The van der Waals surface area contributed by atoms with Crippen molar-refractivity contribution in [1.29, 1.82) is 0 Å². The summed E-state index contributed by atoms with van der Waals surface area (Å²) in [7, 11) is 0. The Hall–Kier alpha value is -1.18. The summed E-state index contributed by atoms with van der Waals surface area (Å²) in [5.74, 6) is -0.274. The summed E-state index contributed by atoms with van der Waals surface area (Å²) in [5, 5.41) is 4.84. The van der Waals surface area contributed by atoms with E-state index in [9.17, 15) is 18.0 Å². The van der Waals surface area contributed by atoms with Gasteiger partial charge in [-0.3, -0.25) is 4.79 Å². The number of anilines is 2. The molecule has 4 N–H and O–H groups in total. The summed E-state index contributed by atoms with van der Waals surface area (Å²) < 4.78 is 36.5. The lowest BCUT2D eigenvalue weighted by molar-refractivity contribution is -0.116. The van der Waals surface area contributed by atoms with Crippen molar-refractivity contribution >= 4 is 42.1 Å². The van der Waals surface area contributed by atoms with E-state index in [1.165, 1.54) is 6.07 Å². The molecule has 9 heteroatoms. The number of carbonyl (C=O) groups is 1. The van der Waals surface area contributed by atoms with Gasteiger partial charge in [0.1, 0.15) is 6.54 Å². The van der Waals surface area contributed by atoms with Crippen molar-refractivity contribution in [3.05, 3.63) is 24.3 Å². The quantitative estimate of drug-likeness (QED) is 0.725. The minimum absolute atomic E-state index is 0. The first-order valence-corrected chi connectivity index (χ1v) is 6.23. The first-order chi connectivity index (χ1) is 9.28. The summed E-state index contributed by atoms with van der Waals surface area (Å²) in [6, 6.07) is 6.16. The van der Waals surface area contributed by atoms with Crippen LogP contribution in [0, 0.1) is 0 Å². The zero-order chi connectivity index (χ0) is 15.2. The molecule has 0 aliphatic carbocycles. The number of nitrogens with one attached hydrogen (secondary N) is 2. The van der Waals surface area contributed by atoms with Gasteiger partial charge in [0.25, 0.3) is 0 Å². The molecule has 4 nitrogen and oxygen atoms in total. The van der Waals surface area contributed by atoms with Gasteiger partial charge in [0.2, 0.25) is 5.91 Å². The average molecular weight is 362 g/mol. The Morgan fingerprint density at radius 1 is 1.23 bits per heavy atom. The lowest BCUT2D eigenvalue weighted by Gasteiger charge is -2.14. The van der Waals surface area contributed by atoms with Crippen molar-refractivity contribution < 1.29 is 18.0 Å². The minimum Gasteiger partial charge on any atom is -0.375 e. The van der Waals surface area contributed by atoms with Crippen LogP contribution < -0.4 is 16.4 Å². The van der Waals surface area contributed by atoms with Crippen molar-refractivity contribution in [3.8, 4) is 0 Å². The van der Waals surface area contributed by atoms with E-state index < -0.39 is 12.7 Å². The molecule has 1 unspecified atom stereocenters. The second-order valence-corrected chi connectivity index (χ2v) is 4.58. The number of alkyl halides is 3. The molecule has 1 atom stereocenters. The van der Waals surface area contributed by atoms with Crippen LogP contribution in [0.2, 0.25) is 0 Å². The molecule has 0 saturated carbocycles. The summed E-state index contributed by atoms with van der Waals surface area (Å²) in [6.07, 6.45) is -3.57. The predicted molar refractivity (Wildman–Crippen MR) is 87.0 cm³/mol. The molecule has 1 aromatic rings. The van der Waals surface area contributed by atoms with Crippen molar-refractivity contribution in [2.75, 3.05) is 17.2 Å². The van der Waals surface area contributed by atoms with Crippen molar-refractivity contribution in [2.24, 2.45) is 5.73 Å². The highest BCUT2D eigenvalue weighted by Crippen LogP contribution is 2.23. The number of benzene rings is 1. The molecule has 0 heterocycles. The fourth-order valence-corrected chi connectivity index (χ4v) is 1.51. The maximum atomic E-state index is 12.2. The second-order valence-electron chi connectivity index (χ2n) is 4.58. The van der Waals surface area contributed by atoms with E-state index in [1.807, 2.05) is 0 Å². The summed E-state index contributed by atoms with van der Waals surface area (Å²) in [4.78, 5) is 11.7. The largest absolute Gasteiger partial charge is 0.405 e. The maximum absolute atomic E-state index is 12.2. The Kier molecular flexibility index (Phi) is 11.1. The Morgan fingerprint density at radius 3 is 2.27 bits per heavy atom. The van der Waals surface area contributed by atoms with E-state index in [2.05, 4.69) is 10.6 Å². The molecule has 0 radical (unpaired) electrons. The minimum atomic E-state index is -4.31. The van der Waals surface area contributed by atoms with E-state index in [4.69, 9.17) is 5.73 Å². The monoisotopic (exact) mass is 361 g/mol. The van der Waals surface area contributed by atoms with Crippen molar-refractivity contribution in [2.45, 2.75) is 32.0 Å². The lowest BCUT2D eigenvalue weighted by Crippen LogP contribution is -2.23. The molecule has 0 bridgehead atoms. The number of hydrogen-bond donors (Lipinski definition) is 3. The van der Waals surface area contributed by atoms with E-state index in [1.54, 1.807) is 25.1 Å². The number of carbonyl (C=O) groups excluding carboxylic acids is 1. The van der Waals surface area contributed by atoms with Gasteiger partial charge in [-0.2, -0.15) is 13.2 Å². The Labute approximate surface area is 139 Å². The van der Waals surface area contributed by atoms with Crippen LogP contribution in [0.1, 0.15) is 19.8 Å². The molecular weight excluding hydrogens is 342 g/mol. The van der Waals surface area contributed by atoms with Gasteiger partial charge in [-0.1, -0.05) is 12.1 Å². The van der Waals surface area contributed by atoms with Crippen LogP contribution in [0.3, 0.4) is 0 Å². The van der Waals surface area contributed by atoms with Crippen LogP contribution >= 0.6 is 24.8 Å². The van der Waals surface area contributed by atoms with Crippen LogP contribution in [0.5, 0.6) is 0 Å². The first-order valence-electron chi connectivity index (χ1n) is 6.23. The fraction of sp³-hybridized carbons (Fsp3) is 0.462. The summed E-state index contributed by atoms with van der Waals surface area (Å²) in [6.45, 7) is 0.631. The Bertz CT molecular complexity index is 456. The summed E-state index contributed by atoms with van der Waals surface area (Å²) in [5.41, 5.74) is 6.10. The van der Waals surface area contributed by atoms with Gasteiger partial charge in [-0.05, 0) is 25.5 Å². The smallest absolute Gasteiger partial charge is 0.375 e. The standard InChI is InChI=1S/C13H18F3N3O.2ClH/c1-9(17)6-7-12(20)19-11-5-3-2-4-10(11)18-8-13(14,15)16;;/h2-5,9,18H,6-8,17H2,1H3,(H,19,20);2*1H. The van der Waals surface area contributed by atoms with Crippen LogP contribution in [-0.2, 0) is 4.79 Å². The van der Waals surface area contributed by atoms with Crippen molar-refractivity contribution in [1.82, 2.24) is 0 Å². The molecule has 1 amide bonds. The van der Waals surface area contributed by atoms with E-state index in [0.717, 1.165) is 0 Å². The topological polar surface area (TPSA) is 67.2 Å². The highest BCUT2D eigenvalue weighted by Gasteiger charge is 2.27. The van der Waals surface area contributed by atoms with Gasteiger partial charge >= 0.3 is 6.18 Å². The van der Waals surface area contributed by atoms with Gasteiger partial charge in [0, 0.05) is 12.5 Å². The molecule has 0 aromatic heterocycles. The van der Waals surface area contributed by atoms with E-state index in [-0.39, 0.29) is 48.9 Å². The lowest BCUT2D eigenvalue weighted by atomic mass is 10.2. The molecule has 0 spiro atoms. The highest BCUT2D eigenvalue weighted by molar-refractivity contribution is 5.94. The molecule has 0 aliphatic rings. The maximum Gasteiger partial charge on any atom is 0.405 e. The predicted octanol–water partition coefficient (Wildman–Crippen LogP) is 3.57. The molecule has 1 rings (SSSR count). The number of nitrogens with two attached hydrogens (primary N) is 1. The molecule has 1 aromatic carbocycles. The highest BCUT2D eigenvalue weighted by atomic mass is 35.5. The van der Waals surface area contributed by atoms with Gasteiger partial charge in [0.05, 0.1) is 11.4 Å². The number of rotatable bonds is 6. The molecule has 0 aliphatic heterocycles. The van der Waals surface area contributed by atoms with Gasteiger partial charge in [-0.25, -0.2) is 0 Å². The van der Waals surface area contributed by atoms with Crippen LogP contribution in [0.4, 0.5) is 24.5 Å². The number of hydrogen-bond acceptors (Lipinski definition) is 3. The number of halogens is 5. The number of para-hydroxylation sites is 2. The van der Waals surface area contributed by atoms with Crippen LogP contribution in [0.15, 0.2) is 24.3 Å². The zero-order valence-corrected chi connectivity index (χ0v) is 13.6. The molecule has 22 heavy (non-hydrogen) atoms.